The Balaban J connectivity index is 1.71. The number of allylic oxidation sites excluding steroid dienone is 1. The van der Waals surface area contributed by atoms with Gasteiger partial charge in [-0.15, -0.1) is 0 Å². The molecule has 2 fully saturated rings. The van der Waals surface area contributed by atoms with Gasteiger partial charge in [0.15, 0.2) is 0 Å². The number of anilines is 1. The van der Waals surface area contributed by atoms with E-state index < -0.39 is 0 Å². The van der Waals surface area contributed by atoms with Crippen LogP contribution < -0.4 is 4.90 Å². The molecule has 0 atom stereocenters. The van der Waals surface area contributed by atoms with Crippen LogP contribution in [0.5, 0.6) is 0 Å². The molecule has 0 saturated carbocycles. The first-order chi connectivity index (χ1) is 15.1. The minimum Gasteiger partial charge on any atom is -0.375 e. The highest BCUT2D eigenvalue weighted by atomic mass is 16.6. The Morgan fingerprint density at radius 2 is 1.71 bits per heavy atom. The first kappa shape index (κ1) is 21.3. The Morgan fingerprint density at radius 1 is 1.03 bits per heavy atom. The first-order valence-electron chi connectivity index (χ1n) is 11.4. The van der Waals surface area contributed by atoms with E-state index in [0.717, 1.165) is 70.4 Å². The third-order valence-corrected chi connectivity index (χ3v) is 6.17. The highest BCUT2D eigenvalue weighted by Gasteiger charge is 2.28. The van der Waals surface area contributed by atoms with Gasteiger partial charge in [-0.05, 0) is 63.5 Å². The van der Waals surface area contributed by atoms with Crippen LogP contribution in [-0.4, -0.2) is 46.0 Å². The monoisotopic (exact) mass is 421 g/mol. The molecule has 2 aliphatic rings. The summed E-state index contributed by atoms with van der Waals surface area (Å²) < 4.78 is 0. The maximum Gasteiger partial charge on any atom is 0.337 e. The number of rotatable bonds is 7. The van der Waals surface area contributed by atoms with E-state index in [4.69, 9.17) is 0 Å². The van der Waals surface area contributed by atoms with Crippen LogP contribution in [0.4, 0.5) is 11.5 Å². The largest absolute Gasteiger partial charge is 0.375 e. The lowest BCUT2D eigenvalue weighted by Crippen LogP contribution is -2.31. The fraction of sp³-hybridized carbons (Fsp3) is 0.500. The predicted octanol–water partition coefficient (Wildman–Crippen LogP) is 4.75. The zero-order valence-electron chi connectivity index (χ0n) is 18.3. The summed E-state index contributed by atoms with van der Waals surface area (Å²) in [5, 5.41) is 12.1. The van der Waals surface area contributed by atoms with Crippen molar-refractivity contribution in [2.24, 2.45) is 0 Å². The lowest BCUT2D eigenvalue weighted by Gasteiger charge is -2.28. The summed E-state index contributed by atoms with van der Waals surface area (Å²) in [7, 11) is 0. The van der Waals surface area contributed by atoms with Gasteiger partial charge < -0.3 is 9.80 Å². The predicted molar refractivity (Wildman–Crippen MR) is 123 cm³/mol. The topological polar surface area (TPSA) is 75.4 Å². The van der Waals surface area contributed by atoms with Crippen molar-refractivity contribution in [2.45, 2.75) is 51.9 Å². The SMILES string of the molecule is Cc1nc(/C=C(/CCc2ccccc2)N2CCCC2)c([N+](=O)[O-])c(N2CCCCC2)n1. The minimum atomic E-state index is -0.298. The molecule has 0 unspecified atom stereocenters. The van der Waals surface area contributed by atoms with Crippen molar-refractivity contribution >= 4 is 17.6 Å². The summed E-state index contributed by atoms with van der Waals surface area (Å²) in [5.74, 6) is 1.06. The Kier molecular flexibility index (Phi) is 6.79. The van der Waals surface area contributed by atoms with Gasteiger partial charge in [-0.25, -0.2) is 9.97 Å². The second-order valence-corrected chi connectivity index (χ2v) is 8.45. The molecule has 7 nitrogen and oxygen atoms in total. The van der Waals surface area contributed by atoms with Crippen molar-refractivity contribution in [1.29, 1.82) is 0 Å². The third kappa shape index (κ3) is 5.21. The number of aromatic nitrogens is 2. The van der Waals surface area contributed by atoms with Gasteiger partial charge >= 0.3 is 5.69 Å². The van der Waals surface area contributed by atoms with Crippen molar-refractivity contribution in [3.8, 4) is 0 Å². The molecule has 0 amide bonds. The van der Waals surface area contributed by atoms with Gasteiger partial charge in [-0.1, -0.05) is 30.3 Å². The molecule has 31 heavy (non-hydrogen) atoms. The minimum absolute atomic E-state index is 0.0453. The second-order valence-electron chi connectivity index (χ2n) is 8.45. The van der Waals surface area contributed by atoms with E-state index in [1.54, 1.807) is 0 Å². The third-order valence-electron chi connectivity index (χ3n) is 6.17. The van der Waals surface area contributed by atoms with E-state index in [0.29, 0.717) is 17.3 Å². The zero-order valence-corrected chi connectivity index (χ0v) is 18.3. The van der Waals surface area contributed by atoms with Crippen LogP contribution in [0.2, 0.25) is 0 Å². The van der Waals surface area contributed by atoms with Crippen LogP contribution in [0.25, 0.3) is 6.08 Å². The molecule has 2 aromatic rings. The highest BCUT2D eigenvalue weighted by molar-refractivity contribution is 5.70. The summed E-state index contributed by atoms with van der Waals surface area (Å²) in [6.45, 7) is 5.45. The van der Waals surface area contributed by atoms with Crippen molar-refractivity contribution in [1.82, 2.24) is 14.9 Å². The lowest BCUT2D eigenvalue weighted by molar-refractivity contribution is -0.384. The number of benzene rings is 1. The molecule has 2 saturated heterocycles. The summed E-state index contributed by atoms with van der Waals surface area (Å²) in [6.07, 6.45) is 9.26. The van der Waals surface area contributed by atoms with E-state index in [1.807, 2.05) is 19.1 Å². The first-order valence-corrected chi connectivity index (χ1v) is 11.4. The molecule has 0 radical (unpaired) electrons. The van der Waals surface area contributed by atoms with Crippen LogP contribution in [0, 0.1) is 17.0 Å². The van der Waals surface area contributed by atoms with Gasteiger partial charge in [-0.2, -0.15) is 0 Å². The van der Waals surface area contributed by atoms with Crippen molar-refractivity contribution in [3.63, 3.8) is 0 Å². The van der Waals surface area contributed by atoms with Gasteiger partial charge in [0.25, 0.3) is 0 Å². The number of hydrogen-bond acceptors (Lipinski definition) is 6. The molecule has 1 aromatic heterocycles. The average Bonchev–Trinajstić information content (AvgIpc) is 3.32. The van der Waals surface area contributed by atoms with Crippen LogP contribution in [-0.2, 0) is 6.42 Å². The van der Waals surface area contributed by atoms with E-state index in [1.165, 1.54) is 12.0 Å². The maximum absolute atomic E-state index is 12.1. The standard InChI is InChI=1S/C24H31N5O2/c1-19-25-22(23(29(30)31)24(26-19)28-16-6-3-7-17-28)18-21(27-14-8-9-15-27)13-12-20-10-4-2-5-11-20/h2,4-5,10-11,18H,3,6-9,12-17H2,1H3/b21-18-. The molecule has 2 aliphatic heterocycles. The van der Waals surface area contributed by atoms with E-state index in [9.17, 15) is 10.1 Å². The molecule has 4 rings (SSSR count). The molecule has 7 heteroatoms. The van der Waals surface area contributed by atoms with Gasteiger partial charge in [0, 0.05) is 31.9 Å². The van der Waals surface area contributed by atoms with E-state index in [-0.39, 0.29) is 10.6 Å². The zero-order chi connectivity index (χ0) is 21.6. The quantitative estimate of drug-likeness (QED) is 0.474. The molecular formula is C24H31N5O2. The summed E-state index contributed by atoms with van der Waals surface area (Å²) in [5.41, 5.74) is 2.89. The highest BCUT2D eigenvalue weighted by Crippen LogP contribution is 2.33. The second kappa shape index (κ2) is 9.90. The van der Waals surface area contributed by atoms with Gasteiger partial charge in [-0.3, -0.25) is 10.1 Å². The smallest absolute Gasteiger partial charge is 0.337 e. The summed E-state index contributed by atoms with van der Waals surface area (Å²) in [4.78, 5) is 25.3. The van der Waals surface area contributed by atoms with Crippen molar-refractivity contribution in [2.75, 3.05) is 31.1 Å². The molecule has 0 N–H and O–H groups in total. The van der Waals surface area contributed by atoms with Crippen LogP contribution >= 0.6 is 0 Å². The van der Waals surface area contributed by atoms with Gasteiger partial charge in [0.2, 0.25) is 5.82 Å². The molecule has 0 bridgehead atoms. The van der Waals surface area contributed by atoms with Crippen LogP contribution in [0.15, 0.2) is 36.0 Å². The number of nitrogens with zero attached hydrogens (tertiary/aromatic N) is 5. The van der Waals surface area contributed by atoms with Crippen molar-refractivity contribution < 1.29 is 4.92 Å². The van der Waals surface area contributed by atoms with Crippen LogP contribution in [0.3, 0.4) is 0 Å². The maximum atomic E-state index is 12.1. The number of piperidine rings is 1. The number of nitro groups is 1. The fourth-order valence-corrected chi connectivity index (χ4v) is 4.58. The molecule has 1 aromatic carbocycles. The van der Waals surface area contributed by atoms with E-state index >= 15 is 0 Å². The molecular weight excluding hydrogens is 390 g/mol. The number of hydrogen-bond donors (Lipinski definition) is 0. The summed E-state index contributed by atoms with van der Waals surface area (Å²) >= 11 is 0. The average molecular weight is 422 g/mol. The van der Waals surface area contributed by atoms with E-state index in [2.05, 4.69) is 44.0 Å². The lowest BCUT2D eigenvalue weighted by atomic mass is 10.1. The molecule has 164 valence electrons. The number of aryl methyl sites for hydroxylation is 2. The molecule has 0 aliphatic carbocycles. The van der Waals surface area contributed by atoms with Gasteiger partial charge in [0.05, 0.1) is 4.92 Å². The Labute approximate surface area is 184 Å². The molecule has 3 heterocycles. The molecule has 0 spiro atoms. The fourth-order valence-electron chi connectivity index (χ4n) is 4.58. The Hall–Kier alpha value is -2.96. The van der Waals surface area contributed by atoms with Crippen LogP contribution in [0.1, 0.15) is 55.6 Å². The normalized spacial score (nSPS) is 17.3. The number of likely N-dealkylation sites (tertiary alicyclic amines) is 1. The Morgan fingerprint density at radius 3 is 2.39 bits per heavy atom. The van der Waals surface area contributed by atoms with Gasteiger partial charge in [0.1, 0.15) is 11.5 Å². The Bertz CT molecular complexity index is 932. The van der Waals surface area contributed by atoms with Crippen molar-refractivity contribution in [3.05, 3.63) is 63.2 Å². The summed E-state index contributed by atoms with van der Waals surface area (Å²) in [6, 6.07) is 10.4.